The smallest absolute Gasteiger partial charge is 0.340 e. The fraction of sp³-hybridized carbons (Fsp3) is 0.607. The first kappa shape index (κ1) is 39.6. The zero-order chi connectivity index (χ0) is 33.8. The van der Waals surface area contributed by atoms with Crippen molar-refractivity contribution in [2.24, 2.45) is 17.3 Å². The minimum absolute atomic E-state index is 0.0423. The van der Waals surface area contributed by atoms with Crippen molar-refractivity contribution >= 4 is 39.6 Å². The van der Waals surface area contributed by atoms with Gasteiger partial charge in [-0.15, -0.1) is 11.3 Å². The Kier molecular flexibility index (Phi) is 15.7. The van der Waals surface area contributed by atoms with E-state index in [1.54, 1.807) is 11.4 Å². The SMILES string of the molecule is CC.CC(C)C.C[C@H]1CN(C(=O)CNC(=O)C(F)(F)F)CC1(C)C.N#CC(NC=O)c1cncc2scc(C(F)(F)F)c12. The number of alkyl halides is 6. The lowest BCUT2D eigenvalue weighted by Gasteiger charge is -2.22. The minimum Gasteiger partial charge on any atom is -0.340 e. The van der Waals surface area contributed by atoms with Gasteiger partial charge >= 0.3 is 18.3 Å². The summed E-state index contributed by atoms with van der Waals surface area (Å²) < 4.78 is 74.8. The summed E-state index contributed by atoms with van der Waals surface area (Å²) in [7, 11) is 0. The number of hydrogen-bond acceptors (Lipinski definition) is 6. The van der Waals surface area contributed by atoms with Crippen LogP contribution in [0.2, 0.25) is 0 Å². The molecule has 0 bridgehead atoms. The molecule has 1 aliphatic rings. The van der Waals surface area contributed by atoms with Crippen LogP contribution in [0.5, 0.6) is 0 Å². The Morgan fingerprint density at radius 2 is 1.74 bits per heavy atom. The maximum Gasteiger partial charge on any atom is 0.471 e. The van der Waals surface area contributed by atoms with Crippen molar-refractivity contribution in [2.75, 3.05) is 19.6 Å². The molecule has 0 radical (unpaired) electrons. The zero-order valence-electron chi connectivity index (χ0n) is 25.4. The van der Waals surface area contributed by atoms with Gasteiger partial charge < -0.3 is 15.5 Å². The highest BCUT2D eigenvalue weighted by Gasteiger charge is 2.41. The third kappa shape index (κ3) is 12.4. The Hall–Kier alpha value is -3.41. The van der Waals surface area contributed by atoms with E-state index in [0.29, 0.717) is 17.8 Å². The normalized spacial score (nSPS) is 16.3. The van der Waals surface area contributed by atoms with E-state index in [-0.39, 0.29) is 28.7 Å². The van der Waals surface area contributed by atoms with Crippen molar-refractivity contribution in [1.29, 1.82) is 5.26 Å². The Balaban J connectivity index is 0.000000695. The second-order valence-electron chi connectivity index (χ2n) is 10.7. The number of aromatic nitrogens is 1. The number of rotatable bonds is 5. The molecular formula is C28H39F6N5O3S. The van der Waals surface area contributed by atoms with Gasteiger partial charge in [-0.3, -0.25) is 19.4 Å². The van der Waals surface area contributed by atoms with Gasteiger partial charge in [-0.2, -0.15) is 31.6 Å². The average Bonchev–Trinajstić information content (AvgIpc) is 3.46. The van der Waals surface area contributed by atoms with Crippen LogP contribution in [0.1, 0.15) is 72.6 Å². The third-order valence-electron chi connectivity index (χ3n) is 5.93. The molecule has 43 heavy (non-hydrogen) atoms. The summed E-state index contributed by atoms with van der Waals surface area (Å²) in [6.07, 6.45) is -6.73. The molecule has 0 spiro atoms. The average molecular weight is 640 g/mol. The van der Waals surface area contributed by atoms with E-state index in [1.165, 1.54) is 11.1 Å². The second-order valence-corrected chi connectivity index (χ2v) is 11.6. The van der Waals surface area contributed by atoms with Gasteiger partial charge in [-0.25, -0.2) is 0 Å². The molecule has 1 saturated heterocycles. The molecular weight excluding hydrogens is 600 g/mol. The van der Waals surface area contributed by atoms with Crippen LogP contribution >= 0.6 is 11.3 Å². The molecule has 3 amide bonds. The van der Waals surface area contributed by atoms with Crippen molar-refractivity contribution in [3.05, 3.63) is 28.9 Å². The van der Waals surface area contributed by atoms with Crippen LogP contribution in [0, 0.1) is 28.6 Å². The largest absolute Gasteiger partial charge is 0.471 e. The lowest BCUT2D eigenvalue weighted by Crippen LogP contribution is -2.44. The lowest BCUT2D eigenvalue weighted by atomic mass is 9.84. The van der Waals surface area contributed by atoms with Crippen LogP contribution in [-0.2, 0) is 20.6 Å². The Morgan fingerprint density at radius 1 is 1.19 bits per heavy atom. The van der Waals surface area contributed by atoms with Gasteiger partial charge in [0.15, 0.2) is 0 Å². The molecule has 0 aromatic carbocycles. The van der Waals surface area contributed by atoms with Gasteiger partial charge in [0.2, 0.25) is 12.3 Å². The Labute approximate surface area is 251 Å². The van der Waals surface area contributed by atoms with Gasteiger partial charge in [-0.05, 0) is 17.3 Å². The van der Waals surface area contributed by atoms with E-state index in [0.717, 1.165) is 28.8 Å². The van der Waals surface area contributed by atoms with Gasteiger partial charge in [0, 0.05) is 41.8 Å². The molecule has 2 N–H and O–H groups in total. The highest BCUT2D eigenvalue weighted by atomic mass is 32.1. The van der Waals surface area contributed by atoms with E-state index in [4.69, 9.17) is 5.26 Å². The predicted molar refractivity (Wildman–Crippen MR) is 153 cm³/mol. The molecule has 0 aliphatic carbocycles. The van der Waals surface area contributed by atoms with Crippen molar-refractivity contribution < 1.29 is 40.7 Å². The minimum atomic E-state index is -4.95. The number of carbonyl (C=O) groups is 3. The molecule has 2 aromatic heterocycles. The van der Waals surface area contributed by atoms with Crippen molar-refractivity contribution in [3.63, 3.8) is 0 Å². The number of carbonyl (C=O) groups excluding carboxylic acids is 3. The fourth-order valence-electron chi connectivity index (χ4n) is 3.56. The number of likely N-dealkylation sites (tertiary alicyclic amines) is 1. The molecule has 3 rings (SSSR count). The van der Waals surface area contributed by atoms with E-state index in [9.17, 15) is 40.7 Å². The first-order valence-electron chi connectivity index (χ1n) is 13.4. The summed E-state index contributed by atoms with van der Waals surface area (Å²) in [6, 6.07) is 0.572. The van der Waals surface area contributed by atoms with Crippen LogP contribution in [0.4, 0.5) is 26.3 Å². The molecule has 242 valence electrons. The van der Waals surface area contributed by atoms with Crippen molar-refractivity contribution in [3.8, 4) is 6.07 Å². The number of hydrogen-bond donors (Lipinski definition) is 2. The number of thiophene rings is 1. The maximum absolute atomic E-state index is 12.9. The first-order valence-corrected chi connectivity index (χ1v) is 14.3. The summed E-state index contributed by atoms with van der Waals surface area (Å²) in [4.78, 5) is 37.9. The molecule has 15 heteroatoms. The number of nitriles is 1. The van der Waals surface area contributed by atoms with Crippen molar-refractivity contribution in [2.45, 2.75) is 73.8 Å². The third-order valence-corrected chi connectivity index (χ3v) is 6.85. The van der Waals surface area contributed by atoms with Gasteiger partial charge in [0.25, 0.3) is 0 Å². The first-order chi connectivity index (χ1) is 19.8. The number of halogens is 6. The number of fused-ring (bicyclic) bond motifs is 1. The number of amides is 3. The van der Waals surface area contributed by atoms with E-state index < -0.39 is 42.3 Å². The Bertz CT molecular complexity index is 1240. The molecule has 8 nitrogen and oxygen atoms in total. The highest BCUT2D eigenvalue weighted by molar-refractivity contribution is 7.17. The number of nitrogens with one attached hydrogen (secondary N) is 2. The highest BCUT2D eigenvalue weighted by Crippen LogP contribution is 2.41. The van der Waals surface area contributed by atoms with Crippen molar-refractivity contribution in [1.82, 2.24) is 20.5 Å². The van der Waals surface area contributed by atoms with E-state index in [1.807, 2.05) is 34.6 Å². The maximum atomic E-state index is 12.9. The number of pyridine rings is 1. The molecule has 2 atom stereocenters. The van der Waals surface area contributed by atoms with Crippen LogP contribution in [0.25, 0.3) is 10.1 Å². The fourth-order valence-corrected chi connectivity index (χ4v) is 4.52. The van der Waals surface area contributed by atoms with E-state index >= 15 is 0 Å². The Morgan fingerprint density at radius 3 is 2.16 bits per heavy atom. The van der Waals surface area contributed by atoms with Crippen LogP contribution in [0.3, 0.4) is 0 Å². The summed E-state index contributed by atoms with van der Waals surface area (Å²) in [5.41, 5.74) is -0.831. The van der Waals surface area contributed by atoms with Crippen LogP contribution in [0.15, 0.2) is 17.8 Å². The van der Waals surface area contributed by atoms with Gasteiger partial charge in [0.1, 0.15) is 6.04 Å². The molecule has 1 unspecified atom stereocenters. The molecule has 1 aliphatic heterocycles. The summed E-state index contributed by atoms with van der Waals surface area (Å²) in [5, 5.41) is 13.6. The second kappa shape index (κ2) is 17.0. The monoisotopic (exact) mass is 639 g/mol. The quantitative estimate of drug-likeness (QED) is 0.287. The lowest BCUT2D eigenvalue weighted by molar-refractivity contribution is -0.174. The standard InChI is InChI=1S/C11H6F3N3OS.C11H17F3N2O2.C4H10.C2H6/c12-11(13,14)7-4-19-9-3-16-2-6(10(7)9)8(1-15)17-5-18;1-7-5-16(6-10(7,2)3)8(17)4-15-9(18)11(12,13)14;1-4(2)3;1-2/h2-5,8H,(H,17,18);7H,4-6H2,1-3H3,(H,15,18);4H,1-3H3;1-2H3/t;7-;;/m.0../s1. The van der Waals surface area contributed by atoms with Crippen LogP contribution in [-0.4, -0.2) is 53.9 Å². The zero-order valence-corrected chi connectivity index (χ0v) is 26.2. The molecule has 1 fully saturated rings. The molecule has 3 heterocycles. The van der Waals surface area contributed by atoms with Gasteiger partial charge in [0.05, 0.1) is 22.9 Å². The summed E-state index contributed by atoms with van der Waals surface area (Å²) in [5.74, 6) is -1.45. The molecule has 0 saturated carbocycles. The topological polar surface area (TPSA) is 115 Å². The van der Waals surface area contributed by atoms with Gasteiger partial charge in [-0.1, -0.05) is 55.4 Å². The van der Waals surface area contributed by atoms with E-state index in [2.05, 4.69) is 31.1 Å². The summed E-state index contributed by atoms with van der Waals surface area (Å²) in [6.45, 7) is 16.9. The number of nitrogens with zero attached hydrogens (tertiary/aromatic N) is 3. The molecule has 2 aromatic rings. The predicted octanol–water partition coefficient (Wildman–Crippen LogP) is 6.48. The van der Waals surface area contributed by atoms with Crippen LogP contribution < -0.4 is 10.6 Å². The summed E-state index contributed by atoms with van der Waals surface area (Å²) >= 11 is 0.893.